The molecule has 0 fully saturated rings. The molecule has 22 heavy (non-hydrogen) atoms. The molecule has 2 aromatic carbocycles. The van der Waals surface area contributed by atoms with E-state index in [-0.39, 0.29) is 5.02 Å². The van der Waals surface area contributed by atoms with E-state index in [1.54, 1.807) is 12.1 Å². The highest BCUT2D eigenvalue weighted by molar-refractivity contribution is 6.32. The molecule has 1 heterocycles. The Balaban J connectivity index is 1.64. The smallest absolute Gasteiger partial charge is 0.179 e. The Morgan fingerprint density at radius 3 is 2.50 bits per heavy atom. The van der Waals surface area contributed by atoms with Gasteiger partial charge in [-0.2, -0.15) is 0 Å². The third kappa shape index (κ3) is 3.46. The Morgan fingerprint density at radius 1 is 0.955 bits per heavy atom. The van der Waals surface area contributed by atoms with Crippen LogP contribution in [0.5, 0.6) is 11.5 Å². The molecule has 1 aliphatic rings. The molecule has 3 nitrogen and oxygen atoms in total. The quantitative estimate of drug-likeness (QED) is 0.904. The summed E-state index contributed by atoms with van der Waals surface area (Å²) in [5, 5.41) is 3.93. The summed E-state index contributed by atoms with van der Waals surface area (Å²) in [5.41, 5.74) is 1.90. The molecule has 0 aliphatic carbocycles. The van der Waals surface area contributed by atoms with Gasteiger partial charge in [-0.1, -0.05) is 29.3 Å². The lowest BCUT2D eigenvalue weighted by Gasteiger charge is -2.20. The monoisotopic (exact) mass is 341 g/mol. The fourth-order valence-electron chi connectivity index (χ4n) is 2.27. The highest BCUT2D eigenvalue weighted by Gasteiger charge is 2.16. The Kier molecular flexibility index (Phi) is 4.71. The van der Waals surface area contributed by atoms with Gasteiger partial charge in [-0.05, 0) is 35.4 Å². The molecule has 116 valence electrons. The maximum absolute atomic E-state index is 13.1. The standard InChI is InChI=1S/C16H14Cl2FNO2/c17-12-5-10(1-2-14(12)19)8-20-9-11-6-13(18)16-15(7-11)21-3-4-22-16/h1-2,5-7,20H,3-4,8-9H2. The Bertz CT molecular complexity index is 694. The minimum atomic E-state index is -0.413. The van der Waals surface area contributed by atoms with E-state index in [0.717, 1.165) is 11.1 Å². The molecule has 0 amide bonds. The van der Waals surface area contributed by atoms with Crippen molar-refractivity contribution in [2.45, 2.75) is 13.1 Å². The summed E-state index contributed by atoms with van der Waals surface area (Å²) in [5.74, 6) is 0.853. The second-order valence-corrected chi connectivity index (χ2v) is 5.77. The molecular weight excluding hydrogens is 328 g/mol. The summed E-state index contributed by atoms with van der Waals surface area (Å²) in [7, 11) is 0. The van der Waals surface area contributed by atoms with Gasteiger partial charge < -0.3 is 14.8 Å². The molecule has 0 unspecified atom stereocenters. The van der Waals surface area contributed by atoms with Crippen LogP contribution < -0.4 is 14.8 Å². The molecule has 1 aliphatic heterocycles. The van der Waals surface area contributed by atoms with Gasteiger partial charge in [0.25, 0.3) is 0 Å². The summed E-state index contributed by atoms with van der Waals surface area (Å²) < 4.78 is 24.1. The van der Waals surface area contributed by atoms with Crippen LogP contribution in [0.15, 0.2) is 30.3 Å². The fraction of sp³-hybridized carbons (Fsp3) is 0.250. The van der Waals surface area contributed by atoms with Crippen LogP contribution in [0.4, 0.5) is 4.39 Å². The first-order chi connectivity index (χ1) is 10.6. The van der Waals surface area contributed by atoms with Crippen LogP contribution in [0, 0.1) is 5.82 Å². The van der Waals surface area contributed by atoms with Gasteiger partial charge in [0, 0.05) is 13.1 Å². The van der Waals surface area contributed by atoms with Gasteiger partial charge in [-0.3, -0.25) is 0 Å². The Hall–Kier alpha value is -1.49. The first kappa shape index (κ1) is 15.4. The van der Waals surface area contributed by atoms with Gasteiger partial charge in [0.15, 0.2) is 11.5 Å². The second-order valence-electron chi connectivity index (χ2n) is 4.95. The third-order valence-corrected chi connectivity index (χ3v) is 3.87. The highest BCUT2D eigenvalue weighted by Crippen LogP contribution is 2.38. The molecule has 0 saturated heterocycles. The van der Waals surface area contributed by atoms with Gasteiger partial charge in [-0.15, -0.1) is 0 Å². The van der Waals surface area contributed by atoms with Crippen molar-refractivity contribution in [3.63, 3.8) is 0 Å². The number of rotatable bonds is 4. The van der Waals surface area contributed by atoms with E-state index in [4.69, 9.17) is 32.7 Å². The van der Waals surface area contributed by atoms with E-state index < -0.39 is 5.82 Å². The molecular formula is C16H14Cl2FNO2. The van der Waals surface area contributed by atoms with Crippen molar-refractivity contribution in [3.8, 4) is 11.5 Å². The molecule has 0 bridgehead atoms. The van der Waals surface area contributed by atoms with Crippen molar-refractivity contribution in [2.75, 3.05) is 13.2 Å². The maximum atomic E-state index is 13.1. The van der Waals surface area contributed by atoms with Crippen molar-refractivity contribution in [1.82, 2.24) is 5.32 Å². The predicted octanol–water partition coefficient (Wildman–Crippen LogP) is 4.19. The van der Waals surface area contributed by atoms with Crippen LogP contribution in [0.2, 0.25) is 10.0 Å². The van der Waals surface area contributed by atoms with Crippen molar-refractivity contribution < 1.29 is 13.9 Å². The Morgan fingerprint density at radius 2 is 1.68 bits per heavy atom. The van der Waals surface area contributed by atoms with Gasteiger partial charge in [-0.25, -0.2) is 4.39 Å². The average Bonchev–Trinajstić information content (AvgIpc) is 2.51. The zero-order valence-electron chi connectivity index (χ0n) is 11.7. The molecule has 0 saturated carbocycles. The minimum absolute atomic E-state index is 0.127. The van der Waals surface area contributed by atoms with E-state index in [0.29, 0.717) is 42.8 Å². The number of fused-ring (bicyclic) bond motifs is 1. The zero-order chi connectivity index (χ0) is 15.5. The maximum Gasteiger partial charge on any atom is 0.179 e. The van der Waals surface area contributed by atoms with Gasteiger partial charge in [0.2, 0.25) is 0 Å². The van der Waals surface area contributed by atoms with Crippen molar-refractivity contribution in [3.05, 3.63) is 57.3 Å². The summed E-state index contributed by atoms with van der Waals surface area (Å²) >= 11 is 11.9. The molecule has 2 aromatic rings. The first-order valence-corrected chi connectivity index (χ1v) is 7.62. The van der Waals surface area contributed by atoms with E-state index in [2.05, 4.69) is 5.32 Å². The van der Waals surface area contributed by atoms with Gasteiger partial charge in [0.05, 0.1) is 10.0 Å². The fourth-order valence-corrected chi connectivity index (χ4v) is 2.76. The molecule has 0 aromatic heterocycles. The number of nitrogens with one attached hydrogen (secondary N) is 1. The minimum Gasteiger partial charge on any atom is -0.486 e. The lowest BCUT2D eigenvalue weighted by molar-refractivity contribution is 0.171. The topological polar surface area (TPSA) is 30.5 Å². The van der Waals surface area contributed by atoms with Crippen molar-refractivity contribution in [1.29, 1.82) is 0 Å². The van der Waals surface area contributed by atoms with Crippen LogP contribution in [0.3, 0.4) is 0 Å². The normalized spacial score (nSPS) is 13.2. The molecule has 0 atom stereocenters. The molecule has 1 N–H and O–H groups in total. The zero-order valence-corrected chi connectivity index (χ0v) is 13.2. The lowest BCUT2D eigenvalue weighted by atomic mass is 10.1. The van der Waals surface area contributed by atoms with Gasteiger partial charge >= 0.3 is 0 Å². The molecule has 0 spiro atoms. The van der Waals surface area contributed by atoms with E-state index in [9.17, 15) is 4.39 Å². The summed E-state index contributed by atoms with van der Waals surface area (Å²) in [4.78, 5) is 0. The van der Waals surface area contributed by atoms with Crippen molar-refractivity contribution >= 4 is 23.2 Å². The van der Waals surface area contributed by atoms with E-state index in [1.807, 2.05) is 12.1 Å². The molecule has 6 heteroatoms. The van der Waals surface area contributed by atoms with Crippen LogP contribution >= 0.6 is 23.2 Å². The number of halogens is 3. The Labute approximate surface area is 137 Å². The number of hydrogen-bond acceptors (Lipinski definition) is 3. The summed E-state index contributed by atoms with van der Waals surface area (Å²) in [6, 6.07) is 8.43. The number of benzene rings is 2. The molecule has 3 rings (SSSR count). The first-order valence-electron chi connectivity index (χ1n) is 6.86. The van der Waals surface area contributed by atoms with Gasteiger partial charge in [0.1, 0.15) is 19.0 Å². The summed E-state index contributed by atoms with van der Waals surface area (Å²) in [6.45, 7) is 2.21. The number of ether oxygens (including phenoxy) is 2. The second kappa shape index (κ2) is 6.73. The third-order valence-electron chi connectivity index (χ3n) is 3.30. The van der Waals surface area contributed by atoms with E-state index in [1.165, 1.54) is 6.07 Å². The van der Waals surface area contributed by atoms with Crippen LogP contribution in [0.1, 0.15) is 11.1 Å². The van der Waals surface area contributed by atoms with Crippen LogP contribution in [0.25, 0.3) is 0 Å². The lowest BCUT2D eigenvalue weighted by Crippen LogP contribution is -2.17. The predicted molar refractivity (Wildman–Crippen MR) is 84.4 cm³/mol. The molecule has 0 radical (unpaired) electrons. The number of hydrogen-bond donors (Lipinski definition) is 1. The van der Waals surface area contributed by atoms with Crippen LogP contribution in [-0.2, 0) is 13.1 Å². The SMILES string of the molecule is Fc1ccc(CNCc2cc(Cl)c3c(c2)OCCO3)cc1Cl. The highest BCUT2D eigenvalue weighted by atomic mass is 35.5. The van der Waals surface area contributed by atoms with Crippen LogP contribution in [-0.4, -0.2) is 13.2 Å². The largest absolute Gasteiger partial charge is 0.486 e. The average molecular weight is 342 g/mol. The summed E-state index contributed by atoms with van der Waals surface area (Å²) in [6.07, 6.45) is 0. The van der Waals surface area contributed by atoms with E-state index >= 15 is 0 Å². The van der Waals surface area contributed by atoms with Crippen molar-refractivity contribution in [2.24, 2.45) is 0 Å².